The maximum absolute atomic E-state index is 11.4. The van der Waals surface area contributed by atoms with E-state index in [0.717, 1.165) is 0 Å². The van der Waals surface area contributed by atoms with Crippen LogP contribution in [0.4, 0.5) is 11.4 Å². The van der Waals surface area contributed by atoms with Crippen LogP contribution in [0.1, 0.15) is 5.56 Å². The van der Waals surface area contributed by atoms with Crippen LogP contribution < -0.4 is 21.9 Å². The minimum absolute atomic E-state index is 0.122. The summed E-state index contributed by atoms with van der Waals surface area (Å²) in [4.78, 5) is 10.6. The number of nitrogens with two attached hydrogens (primary N) is 3. The van der Waals surface area contributed by atoms with Gasteiger partial charge in [-0.25, -0.2) is 13.6 Å². The van der Waals surface area contributed by atoms with Crippen LogP contribution in [0.25, 0.3) is 0 Å². The number of carbonyl (C=O) groups is 1. The SMILES string of the molecule is Cc1c(NCC(O)C(N)=O)cc(N)cc1S(N)(=O)=O. The Kier molecular flexibility index (Phi) is 4.35. The summed E-state index contributed by atoms with van der Waals surface area (Å²) in [6.07, 6.45) is -1.39. The molecular formula is C10H16N4O4S. The van der Waals surface area contributed by atoms with E-state index in [-0.39, 0.29) is 17.1 Å². The van der Waals surface area contributed by atoms with E-state index < -0.39 is 22.0 Å². The van der Waals surface area contributed by atoms with Gasteiger partial charge in [0.15, 0.2) is 0 Å². The molecule has 0 aliphatic carbocycles. The topological polar surface area (TPSA) is 162 Å². The molecule has 1 aromatic rings. The van der Waals surface area contributed by atoms with E-state index in [1.165, 1.54) is 19.1 Å². The summed E-state index contributed by atoms with van der Waals surface area (Å²) in [6, 6.07) is 2.71. The molecule has 0 fully saturated rings. The minimum atomic E-state index is -3.91. The first-order valence-corrected chi connectivity index (χ1v) is 6.81. The van der Waals surface area contributed by atoms with Gasteiger partial charge in [-0.05, 0) is 24.6 Å². The van der Waals surface area contributed by atoms with Gasteiger partial charge in [-0.2, -0.15) is 0 Å². The largest absolute Gasteiger partial charge is 0.399 e. The second-order valence-electron chi connectivity index (χ2n) is 4.04. The third kappa shape index (κ3) is 3.81. The molecule has 8 N–H and O–H groups in total. The smallest absolute Gasteiger partial charge is 0.248 e. The standard InChI is InChI=1S/C10H16N4O4S/c1-5-7(14-4-8(15)10(12)16)2-6(11)3-9(5)19(13,17)18/h2-3,8,14-15H,4,11H2,1H3,(H2,12,16)(H2,13,17,18). The van der Waals surface area contributed by atoms with Gasteiger partial charge in [-0.1, -0.05) is 0 Å². The number of benzene rings is 1. The summed E-state index contributed by atoms with van der Waals surface area (Å²) in [5.74, 6) is -0.888. The molecule has 0 saturated carbocycles. The number of hydrogen-bond donors (Lipinski definition) is 5. The molecule has 0 radical (unpaired) electrons. The van der Waals surface area contributed by atoms with E-state index in [0.29, 0.717) is 11.3 Å². The second-order valence-corrected chi connectivity index (χ2v) is 5.57. The number of amides is 1. The molecule has 0 heterocycles. The fourth-order valence-electron chi connectivity index (χ4n) is 1.50. The minimum Gasteiger partial charge on any atom is -0.399 e. The number of rotatable bonds is 5. The van der Waals surface area contributed by atoms with Gasteiger partial charge in [-0.3, -0.25) is 4.79 Å². The van der Waals surface area contributed by atoms with Crippen LogP contribution in [0.2, 0.25) is 0 Å². The monoisotopic (exact) mass is 288 g/mol. The molecule has 0 spiro atoms. The Bertz CT molecular complexity index is 600. The lowest BCUT2D eigenvalue weighted by Gasteiger charge is -2.15. The zero-order chi connectivity index (χ0) is 14.8. The average molecular weight is 288 g/mol. The lowest BCUT2D eigenvalue weighted by Crippen LogP contribution is -2.34. The van der Waals surface area contributed by atoms with Gasteiger partial charge >= 0.3 is 0 Å². The van der Waals surface area contributed by atoms with E-state index >= 15 is 0 Å². The van der Waals surface area contributed by atoms with Crippen LogP contribution in [0.15, 0.2) is 17.0 Å². The van der Waals surface area contributed by atoms with Crippen molar-refractivity contribution < 1.29 is 18.3 Å². The van der Waals surface area contributed by atoms with Crippen LogP contribution in [0, 0.1) is 6.92 Å². The van der Waals surface area contributed by atoms with Crippen LogP contribution in [0.3, 0.4) is 0 Å². The molecule has 1 atom stereocenters. The van der Waals surface area contributed by atoms with Crippen LogP contribution in [-0.2, 0) is 14.8 Å². The molecule has 0 aromatic heterocycles. The average Bonchev–Trinajstić information content (AvgIpc) is 2.27. The predicted octanol–water partition coefficient (Wildman–Crippen LogP) is -1.52. The zero-order valence-corrected chi connectivity index (χ0v) is 11.1. The molecule has 0 saturated heterocycles. The Morgan fingerprint density at radius 3 is 2.53 bits per heavy atom. The quantitative estimate of drug-likeness (QED) is 0.413. The molecule has 19 heavy (non-hydrogen) atoms. The van der Waals surface area contributed by atoms with Crippen molar-refractivity contribution in [1.29, 1.82) is 0 Å². The Labute approximate surface area is 110 Å². The molecule has 9 heteroatoms. The molecule has 1 aromatic carbocycles. The second kappa shape index (κ2) is 5.43. The number of anilines is 2. The lowest BCUT2D eigenvalue weighted by molar-refractivity contribution is -0.125. The summed E-state index contributed by atoms with van der Waals surface area (Å²) in [5.41, 5.74) is 11.4. The van der Waals surface area contributed by atoms with E-state index in [2.05, 4.69) is 5.32 Å². The number of carbonyl (C=O) groups excluding carboxylic acids is 1. The molecule has 1 amide bonds. The van der Waals surface area contributed by atoms with Gasteiger partial charge in [0.2, 0.25) is 15.9 Å². The molecule has 1 unspecified atom stereocenters. The van der Waals surface area contributed by atoms with Crippen molar-refractivity contribution in [1.82, 2.24) is 0 Å². The summed E-state index contributed by atoms with van der Waals surface area (Å²) < 4.78 is 22.8. The van der Waals surface area contributed by atoms with Crippen molar-refractivity contribution in [3.63, 3.8) is 0 Å². The number of primary sulfonamides is 1. The number of primary amides is 1. The Hall–Kier alpha value is -1.84. The van der Waals surface area contributed by atoms with Crippen molar-refractivity contribution in [2.75, 3.05) is 17.6 Å². The molecular weight excluding hydrogens is 272 g/mol. The van der Waals surface area contributed by atoms with Crippen LogP contribution >= 0.6 is 0 Å². The highest BCUT2D eigenvalue weighted by Gasteiger charge is 2.17. The van der Waals surface area contributed by atoms with E-state index in [9.17, 15) is 18.3 Å². The summed E-state index contributed by atoms with van der Waals surface area (Å²) in [7, 11) is -3.91. The van der Waals surface area contributed by atoms with Gasteiger partial charge in [0.25, 0.3) is 0 Å². The van der Waals surface area contributed by atoms with E-state index in [4.69, 9.17) is 16.6 Å². The third-order valence-corrected chi connectivity index (χ3v) is 3.54. The molecule has 0 aliphatic rings. The van der Waals surface area contributed by atoms with Crippen molar-refractivity contribution in [3.05, 3.63) is 17.7 Å². The van der Waals surface area contributed by atoms with Gasteiger partial charge in [-0.15, -0.1) is 0 Å². The van der Waals surface area contributed by atoms with Gasteiger partial charge in [0.05, 0.1) is 4.90 Å². The number of hydrogen-bond acceptors (Lipinski definition) is 6. The third-order valence-electron chi connectivity index (χ3n) is 2.50. The summed E-state index contributed by atoms with van der Waals surface area (Å²) in [6.45, 7) is 1.36. The molecule has 8 nitrogen and oxygen atoms in total. The van der Waals surface area contributed by atoms with Crippen LogP contribution in [-0.4, -0.2) is 32.1 Å². The Morgan fingerprint density at radius 2 is 2.05 bits per heavy atom. The van der Waals surface area contributed by atoms with E-state index in [1.807, 2.05) is 0 Å². The highest BCUT2D eigenvalue weighted by Crippen LogP contribution is 2.25. The number of nitrogen functional groups attached to an aromatic ring is 1. The highest BCUT2D eigenvalue weighted by atomic mass is 32.2. The molecule has 106 valence electrons. The highest BCUT2D eigenvalue weighted by molar-refractivity contribution is 7.89. The van der Waals surface area contributed by atoms with Gasteiger partial charge < -0.3 is 21.9 Å². The fourth-order valence-corrected chi connectivity index (χ4v) is 2.33. The lowest BCUT2D eigenvalue weighted by atomic mass is 10.1. The van der Waals surface area contributed by atoms with Gasteiger partial charge in [0.1, 0.15) is 6.10 Å². The number of aliphatic hydroxyl groups excluding tert-OH is 1. The number of aliphatic hydroxyl groups is 1. The Balaban J connectivity index is 3.09. The predicted molar refractivity (Wildman–Crippen MR) is 70.7 cm³/mol. The first-order valence-electron chi connectivity index (χ1n) is 5.27. The maximum atomic E-state index is 11.4. The van der Waals surface area contributed by atoms with Crippen molar-refractivity contribution in [3.8, 4) is 0 Å². The maximum Gasteiger partial charge on any atom is 0.248 e. The summed E-state index contributed by atoms with van der Waals surface area (Å²) in [5, 5.41) is 17.0. The molecule has 1 rings (SSSR count). The number of nitrogens with one attached hydrogen (secondary N) is 1. The van der Waals surface area contributed by atoms with Crippen molar-refractivity contribution in [2.24, 2.45) is 10.9 Å². The van der Waals surface area contributed by atoms with Crippen molar-refractivity contribution >= 4 is 27.3 Å². The van der Waals surface area contributed by atoms with E-state index in [1.54, 1.807) is 0 Å². The van der Waals surface area contributed by atoms with Gasteiger partial charge in [0, 0.05) is 17.9 Å². The number of sulfonamides is 1. The normalized spacial score (nSPS) is 13.0. The molecule has 0 aliphatic heterocycles. The first-order chi connectivity index (χ1) is 8.62. The van der Waals surface area contributed by atoms with Crippen LogP contribution in [0.5, 0.6) is 0 Å². The zero-order valence-electron chi connectivity index (χ0n) is 10.3. The summed E-state index contributed by atoms with van der Waals surface area (Å²) >= 11 is 0. The Morgan fingerprint density at radius 1 is 1.47 bits per heavy atom. The molecule has 0 bridgehead atoms. The van der Waals surface area contributed by atoms with Crippen molar-refractivity contribution in [2.45, 2.75) is 17.9 Å². The fraction of sp³-hybridized carbons (Fsp3) is 0.300. The first kappa shape index (κ1) is 15.2.